The Balaban J connectivity index is 1.78. The number of anilines is 1. The van der Waals surface area contributed by atoms with Gasteiger partial charge in [-0.1, -0.05) is 27.5 Å². The van der Waals surface area contributed by atoms with E-state index in [0.29, 0.717) is 17.3 Å². The molecule has 3 nitrogen and oxygen atoms in total. The summed E-state index contributed by atoms with van der Waals surface area (Å²) < 4.78 is 12.0. The number of rotatable bonds is 4. The van der Waals surface area contributed by atoms with Crippen LogP contribution in [0.1, 0.15) is 11.1 Å². The summed E-state index contributed by atoms with van der Waals surface area (Å²) in [4.78, 5) is 0. The van der Waals surface area contributed by atoms with Gasteiger partial charge < -0.3 is 14.8 Å². The highest BCUT2D eigenvalue weighted by atomic mass is 79.9. The van der Waals surface area contributed by atoms with Crippen molar-refractivity contribution in [1.29, 1.82) is 0 Å². The maximum Gasteiger partial charge on any atom is 0.137 e. The minimum Gasteiger partial charge on any atom is -0.495 e. The van der Waals surface area contributed by atoms with E-state index in [1.807, 2.05) is 18.2 Å². The number of hydrogen-bond donors (Lipinski definition) is 1. The molecule has 1 N–H and O–H groups in total. The van der Waals surface area contributed by atoms with Crippen LogP contribution in [0.2, 0.25) is 5.02 Å². The van der Waals surface area contributed by atoms with Crippen LogP contribution in [0.3, 0.4) is 0 Å². The molecule has 0 saturated carbocycles. The lowest BCUT2D eigenvalue weighted by Gasteiger charge is -2.12. The first-order valence-corrected chi connectivity index (χ1v) is 7.86. The van der Waals surface area contributed by atoms with Crippen molar-refractivity contribution in [3.63, 3.8) is 0 Å². The van der Waals surface area contributed by atoms with Crippen molar-refractivity contribution in [3.8, 4) is 11.5 Å². The molecule has 5 heteroatoms. The van der Waals surface area contributed by atoms with Crippen LogP contribution in [0.25, 0.3) is 0 Å². The number of fused-ring (bicyclic) bond motifs is 1. The monoisotopic (exact) mass is 367 g/mol. The van der Waals surface area contributed by atoms with Crippen molar-refractivity contribution in [2.75, 3.05) is 19.0 Å². The standard InChI is InChI=1S/C16H15BrClNO2/c1-20-15-3-2-13(8-14(15)18)19-9-11-7-12(17)6-10-4-5-21-16(10)11/h2-3,6-8,19H,4-5,9H2,1H3. The maximum absolute atomic E-state index is 6.13. The molecule has 2 aromatic carbocycles. The number of ether oxygens (including phenoxy) is 2. The first-order valence-electron chi connectivity index (χ1n) is 6.69. The van der Waals surface area contributed by atoms with E-state index in [9.17, 15) is 0 Å². The van der Waals surface area contributed by atoms with E-state index in [2.05, 4.69) is 33.4 Å². The average molecular weight is 369 g/mol. The Bertz CT molecular complexity index is 676. The van der Waals surface area contributed by atoms with Crippen molar-refractivity contribution >= 4 is 33.2 Å². The molecule has 0 aliphatic carbocycles. The summed E-state index contributed by atoms with van der Waals surface area (Å²) in [7, 11) is 1.61. The van der Waals surface area contributed by atoms with Gasteiger partial charge in [0, 0.05) is 28.7 Å². The molecule has 2 aromatic rings. The first kappa shape index (κ1) is 14.5. The third kappa shape index (κ3) is 3.11. The average Bonchev–Trinajstić information content (AvgIpc) is 2.93. The number of methoxy groups -OCH3 is 1. The molecular weight excluding hydrogens is 354 g/mol. The Kier molecular flexibility index (Phi) is 4.27. The lowest BCUT2D eigenvalue weighted by atomic mass is 10.1. The molecule has 1 heterocycles. The normalized spacial score (nSPS) is 12.7. The van der Waals surface area contributed by atoms with Crippen molar-refractivity contribution in [2.45, 2.75) is 13.0 Å². The molecule has 0 spiro atoms. The molecule has 0 unspecified atom stereocenters. The van der Waals surface area contributed by atoms with Gasteiger partial charge >= 0.3 is 0 Å². The smallest absolute Gasteiger partial charge is 0.137 e. The molecule has 3 rings (SSSR count). The van der Waals surface area contributed by atoms with Crippen LogP contribution in [0.5, 0.6) is 11.5 Å². The summed E-state index contributed by atoms with van der Waals surface area (Å²) in [6.07, 6.45) is 0.968. The molecule has 110 valence electrons. The van der Waals surface area contributed by atoms with Crippen molar-refractivity contribution < 1.29 is 9.47 Å². The maximum atomic E-state index is 6.13. The summed E-state index contributed by atoms with van der Waals surface area (Å²) >= 11 is 9.68. The van der Waals surface area contributed by atoms with Gasteiger partial charge in [-0.2, -0.15) is 0 Å². The van der Waals surface area contributed by atoms with E-state index >= 15 is 0 Å². The van der Waals surface area contributed by atoms with E-state index in [-0.39, 0.29) is 0 Å². The molecule has 21 heavy (non-hydrogen) atoms. The minimum atomic E-state index is 0.596. The zero-order valence-corrected chi connectivity index (χ0v) is 13.9. The van der Waals surface area contributed by atoms with Crippen molar-refractivity contribution in [1.82, 2.24) is 0 Å². The van der Waals surface area contributed by atoms with Gasteiger partial charge in [0.1, 0.15) is 11.5 Å². The Labute approximate surface area is 137 Å². The molecule has 0 fully saturated rings. The predicted molar refractivity (Wildman–Crippen MR) is 88.7 cm³/mol. The van der Waals surface area contributed by atoms with Crippen LogP contribution in [-0.2, 0) is 13.0 Å². The fraction of sp³-hybridized carbons (Fsp3) is 0.250. The quantitative estimate of drug-likeness (QED) is 0.851. The lowest BCUT2D eigenvalue weighted by Crippen LogP contribution is -2.02. The topological polar surface area (TPSA) is 30.5 Å². The van der Waals surface area contributed by atoms with E-state index in [4.69, 9.17) is 21.1 Å². The van der Waals surface area contributed by atoms with Crippen molar-refractivity contribution in [3.05, 3.63) is 51.0 Å². The van der Waals surface area contributed by atoms with Gasteiger partial charge in [-0.3, -0.25) is 0 Å². The number of hydrogen-bond acceptors (Lipinski definition) is 3. The van der Waals surface area contributed by atoms with Gasteiger partial charge in [-0.25, -0.2) is 0 Å². The fourth-order valence-electron chi connectivity index (χ4n) is 2.45. The molecule has 0 atom stereocenters. The van der Waals surface area contributed by atoms with E-state index in [1.54, 1.807) is 7.11 Å². The molecule has 1 aliphatic heterocycles. The SMILES string of the molecule is COc1ccc(NCc2cc(Br)cc3c2OCC3)cc1Cl. The lowest BCUT2D eigenvalue weighted by molar-refractivity contribution is 0.354. The second-order valence-corrected chi connectivity index (χ2v) is 6.18. The van der Waals surface area contributed by atoms with Crippen LogP contribution in [0.4, 0.5) is 5.69 Å². The summed E-state index contributed by atoms with van der Waals surface area (Å²) in [6, 6.07) is 9.87. The van der Waals surface area contributed by atoms with Gasteiger partial charge in [0.2, 0.25) is 0 Å². The van der Waals surface area contributed by atoms with E-state index in [0.717, 1.165) is 34.5 Å². The Morgan fingerprint density at radius 1 is 1.33 bits per heavy atom. The molecule has 0 amide bonds. The van der Waals surface area contributed by atoms with Gasteiger partial charge in [-0.05, 0) is 35.9 Å². The van der Waals surface area contributed by atoms with Crippen LogP contribution in [0.15, 0.2) is 34.8 Å². The second kappa shape index (κ2) is 6.16. The summed E-state index contributed by atoms with van der Waals surface area (Å²) in [5.74, 6) is 1.68. The van der Waals surface area contributed by atoms with E-state index in [1.165, 1.54) is 5.56 Å². The third-order valence-corrected chi connectivity index (χ3v) is 4.21. The Morgan fingerprint density at radius 3 is 2.95 bits per heavy atom. The van der Waals surface area contributed by atoms with E-state index < -0.39 is 0 Å². The molecule has 1 aliphatic rings. The molecule has 0 aromatic heterocycles. The summed E-state index contributed by atoms with van der Waals surface area (Å²) in [5.41, 5.74) is 3.35. The zero-order valence-electron chi connectivity index (χ0n) is 11.6. The fourth-order valence-corrected chi connectivity index (χ4v) is 3.26. The highest BCUT2D eigenvalue weighted by Gasteiger charge is 2.17. The first-order chi connectivity index (χ1) is 10.2. The largest absolute Gasteiger partial charge is 0.495 e. The van der Waals surface area contributed by atoms with Gasteiger partial charge in [-0.15, -0.1) is 0 Å². The van der Waals surface area contributed by atoms with Gasteiger partial charge in [0.15, 0.2) is 0 Å². The second-order valence-electron chi connectivity index (χ2n) is 4.85. The van der Waals surface area contributed by atoms with Gasteiger partial charge in [0.25, 0.3) is 0 Å². The molecule has 0 bridgehead atoms. The highest BCUT2D eigenvalue weighted by Crippen LogP contribution is 2.34. The number of nitrogens with one attached hydrogen (secondary N) is 1. The molecule has 0 radical (unpaired) electrons. The molecule has 0 saturated heterocycles. The zero-order chi connectivity index (χ0) is 14.8. The van der Waals surface area contributed by atoms with Crippen LogP contribution in [-0.4, -0.2) is 13.7 Å². The minimum absolute atomic E-state index is 0.596. The van der Waals surface area contributed by atoms with Crippen LogP contribution >= 0.6 is 27.5 Å². The molecular formula is C16H15BrClNO2. The summed E-state index contributed by atoms with van der Waals surface area (Å²) in [6.45, 7) is 1.44. The Morgan fingerprint density at radius 2 is 2.19 bits per heavy atom. The Hall–Kier alpha value is -1.39. The highest BCUT2D eigenvalue weighted by molar-refractivity contribution is 9.10. The van der Waals surface area contributed by atoms with Crippen LogP contribution < -0.4 is 14.8 Å². The third-order valence-electron chi connectivity index (χ3n) is 3.46. The van der Waals surface area contributed by atoms with Gasteiger partial charge in [0.05, 0.1) is 18.7 Å². The number of benzene rings is 2. The predicted octanol–water partition coefficient (Wildman–Crippen LogP) is 4.66. The summed E-state index contributed by atoms with van der Waals surface area (Å²) in [5, 5.41) is 3.96. The van der Waals surface area contributed by atoms with Crippen molar-refractivity contribution in [2.24, 2.45) is 0 Å². The van der Waals surface area contributed by atoms with Crippen LogP contribution in [0, 0.1) is 0 Å². The number of halogens is 2.